The molecule has 14 heteroatoms. The summed E-state index contributed by atoms with van der Waals surface area (Å²) in [5, 5.41) is 22.5. The first-order chi connectivity index (χ1) is 18.0. The number of nitrogens with one attached hydrogen (secondary N) is 3. The Hall–Kier alpha value is -3.26. The van der Waals surface area contributed by atoms with E-state index < -0.39 is 50.4 Å². The number of ether oxygens (including phenoxy) is 1. The van der Waals surface area contributed by atoms with Crippen molar-refractivity contribution in [2.45, 2.75) is 47.6 Å². The fraction of sp³-hybridized carbons (Fsp3) is 0.440. The van der Waals surface area contributed by atoms with Crippen molar-refractivity contribution in [3.8, 4) is 0 Å². The highest BCUT2D eigenvalue weighted by Crippen LogP contribution is 2.28. The van der Waals surface area contributed by atoms with Gasteiger partial charge in [-0.05, 0) is 42.7 Å². The number of carboxylic acid groups (broad SMARTS) is 1. The largest absolute Gasteiger partial charge is 0.479 e. The molecule has 12 nitrogen and oxygen atoms in total. The van der Waals surface area contributed by atoms with Gasteiger partial charge in [0.25, 0.3) is 11.4 Å². The predicted molar refractivity (Wildman–Crippen MR) is 146 cm³/mol. The molecule has 1 aliphatic heterocycles. The third-order valence-corrected chi connectivity index (χ3v) is 8.94. The van der Waals surface area contributed by atoms with E-state index in [1.165, 1.54) is 17.0 Å². The van der Waals surface area contributed by atoms with Crippen LogP contribution in [0, 0.1) is 5.41 Å². The highest BCUT2D eigenvalue weighted by atomic mass is 35.5. The first-order valence-corrected chi connectivity index (χ1v) is 13.8. The van der Waals surface area contributed by atoms with E-state index in [0.717, 1.165) is 12.3 Å². The molecule has 1 amide bonds. The molecule has 0 radical (unpaired) electrons. The molecule has 39 heavy (non-hydrogen) atoms. The highest BCUT2D eigenvalue weighted by molar-refractivity contribution is 7.92. The van der Waals surface area contributed by atoms with Gasteiger partial charge >= 0.3 is 5.97 Å². The van der Waals surface area contributed by atoms with Crippen LogP contribution in [-0.2, 0) is 29.0 Å². The van der Waals surface area contributed by atoms with Crippen molar-refractivity contribution in [1.82, 2.24) is 15.5 Å². The van der Waals surface area contributed by atoms with Crippen LogP contribution in [0.1, 0.15) is 19.8 Å². The molecular formula is C25H32ClN5O7S. The number of rotatable bonds is 10. The van der Waals surface area contributed by atoms with Gasteiger partial charge in [-0.1, -0.05) is 30.3 Å². The van der Waals surface area contributed by atoms with Gasteiger partial charge in [0.1, 0.15) is 5.25 Å². The lowest BCUT2D eigenvalue weighted by atomic mass is 9.90. The van der Waals surface area contributed by atoms with Crippen molar-refractivity contribution in [2.24, 2.45) is 5.73 Å². The van der Waals surface area contributed by atoms with E-state index >= 15 is 0 Å². The second-order valence-corrected chi connectivity index (χ2v) is 11.8. The molecule has 1 aliphatic carbocycles. The molecule has 2 fully saturated rings. The van der Waals surface area contributed by atoms with E-state index in [2.05, 4.69) is 10.6 Å². The number of aliphatic carboxylic acids is 1. The molecule has 1 saturated heterocycles. The topological polar surface area (TPSA) is 192 Å². The van der Waals surface area contributed by atoms with Crippen LogP contribution in [0.15, 0.2) is 47.4 Å². The van der Waals surface area contributed by atoms with Crippen LogP contribution in [-0.4, -0.2) is 91.2 Å². The standard InChI is InChI=1S/C25H31N5O7S.ClH/c1-15(38(35,36)20-9-6-16-4-2-3-5-17(16)12-20)21(31)25(23(33)34,29-18-7-8-18)22(32)28-13-19-14-30(24(26)27)10-11-37-19;/h2-6,9,12,15,18-19,29H,7-8,10-11,13-14H2,1H3,(H3,26,27)(H,28,32)(H,33,34);1H. The number of nitrogens with two attached hydrogens (primary N) is 1. The van der Waals surface area contributed by atoms with Gasteiger partial charge in [-0.25, -0.2) is 13.2 Å². The fourth-order valence-electron chi connectivity index (χ4n) is 4.44. The first kappa shape index (κ1) is 30.3. The molecular weight excluding hydrogens is 550 g/mol. The minimum absolute atomic E-state index is 0. The zero-order valence-corrected chi connectivity index (χ0v) is 22.9. The summed E-state index contributed by atoms with van der Waals surface area (Å²) >= 11 is 0. The van der Waals surface area contributed by atoms with E-state index in [9.17, 15) is 27.9 Å². The molecule has 3 unspecified atom stereocenters. The molecule has 212 valence electrons. The highest BCUT2D eigenvalue weighted by Gasteiger charge is 2.58. The first-order valence-electron chi connectivity index (χ1n) is 12.2. The Labute approximate surface area is 232 Å². The number of hydrogen-bond donors (Lipinski definition) is 5. The second-order valence-electron chi connectivity index (χ2n) is 9.57. The van der Waals surface area contributed by atoms with Crippen molar-refractivity contribution in [3.05, 3.63) is 42.5 Å². The zero-order valence-electron chi connectivity index (χ0n) is 21.3. The lowest BCUT2D eigenvalue weighted by Gasteiger charge is -2.34. The molecule has 2 aliphatic rings. The van der Waals surface area contributed by atoms with Gasteiger partial charge in [0.2, 0.25) is 0 Å². The monoisotopic (exact) mass is 581 g/mol. The second kappa shape index (κ2) is 11.9. The quantitative estimate of drug-likeness (QED) is 0.148. The summed E-state index contributed by atoms with van der Waals surface area (Å²) in [4.78, 5) is 41.1. The van der Waals surface area contributed by atoms with Crippen molar-refractivity contribution in [2.75, 3.05) is 26.2 Å². The minimum atomic E-state index is -4.35. The maximum absolute atomic E-state index is 13.7. The van der Waals surface area contributed by atoms with Crippen LogP contribution in [0.2, 0.25) is 0 Å². The summed E-state index contributed by atoms with van der Waals surface area (Å²) < 4.78 is 32.5. The third-order valence-electron chi connectivity index (χ3n) is 6.88. The average molecular weight is 582 g/mol. The number of ketones is 1. The molecule has 2 aromatic carbocycles. The van der Waals surface area contributed by atoms with Crippen LogP contribution < -0.4 is 16.4 Å². The van der Waals surface area contributed by atoms with Crippen LogP contribution in [0.4, 0.5) is 0 Å². The number of nitrogens with zero attached hydrogens (tertiary/aromatic N) is 1. The van der Waals surface area contributed by atoms with Crippen LogP contribution in [0.3, 0.4) is 0 Å². The fourth-order valence-corrected chi connectivity index (χ4v) is 5.86. The number of guanidine groups is 1. The summed E-state index contributed by atoms with van der Waals surface area (Å²) in [6, 6.07) is 11.1. The summed E-state index contributed by atoms with van der Waals surface area (Å²) in [7, 11) is -4.35. The number of sulfone groups is 1. The van der Waals surface area contributed by atoms with Crippen LogP contribution in [0.5, 0.6) is 0 Å². The molecule has 0 spiro atoms. The van der Waals surface area contributed by atoms with Crippen LogP contribution >= 0.6 is 12.4 Å². The molecule has 1 saturated carbocycles. The number of fused-ring (bicyclic) bond motifs is 1. The predicted octanol–water partition coefficient (Wildman–Crippen LogP) is 0.279. The maximum atomic E-state index is 13.7. The van der Waals surface area contributed by atoms with E-state index in [-0.39, 0.29) is 43.0 Å². The summed E-state index contributed by atoms with van der Waals surface area (Å²) in [6.45, 7) is 1.76. The molecule has 0 aromatic heterocycles. The van der Waals surface area contributed by atoms with Crippen LogP contribution in [0.25, 0.3) is 10.8 Å². The van der Waals surface area contributed by atoms with Crippen molar-refractivity contribution < 1.29 is 32.6 Å². The number of Topliss-reactive ketones (excluding diaryl/α,β-unsaturated/α-hetero) is 1. The van der Waals surface area contributed by atoms with Gasteiger partial charge < -0.3 is 25.8 Å². The van der Waals surface area contributed by atoms with E-state index in [0.29, 0.717) is 24.8 Å². The van der Waals surface area contributed by atoms with E-state index in [1.807, 2.05) is 12.1 Å². The average Bonchev–Trinajstić information content (AvgIpc) is 3.73. The SMILES string of the molecule is CC(C(=O)C(NC1CC1)(C(=O)O)C(=O)NCC1CN(C(=N)N)CCO1)S(=O)(=O)c1ccc2ccccc2c1.Cl. The van der Waals surface area contributed by atoms with Gasteiger partial charge in [0.15, 0.2) is 21.6 Å². The molecule has 2 aromatic rings. The van der Waals surface area contributed by atoms with Gasteiger partial charge in [0, 0.05) is 25.7 Å². The summed E-state index contributed by atoms with van der Waals surface area (Å²) in [6.07, 6.45) is 0.472. The van der Waals surface area contributed by atoms with Gasteiger partial charge in [-0.3, -0.25) is 20.3 Å². The van der Waals surface area contributed by atoms with Gasteiger partial charge in [0.05, 0.1) is 17.6 Å². The summed E-state index contributed by atoms with van der Waals surface area (Å²) in [5.74, 6) is -4.41. The van der Waals surface area contributed by atoms with Gasteiger partial charge in [-0.2, -0.15) is 0 Å². The summed E-state index contributed by atoms with van der Waals surface area (Å²) in [5.41, 5.74) is 2.71. The molecule has 3 atom stereocenters. The number of carboxylic acids is 1. The number of morpholine rings is 1. The Morgan fingerprint density at radius 1 is 1.21 bits per heavy atom. The number of benzene rings is 2. The zero-order chi connectivity index (χ0) is 27.7. The molecule has 6 N–H and O–H groups in total. The number of amides is 1. The Bertz CT molecular complexity index is 1380. The lowest BCUT2D eigenvalue weighted by molar-refractivity contribution is -0.155. The van der Waals surface area contributed by atoms with Crippen molar-refractivity contribution in [3.63, 3.8) is 0 Å². The van der Waals surface area contributed by atoms with Crippen molar-refractivity contribution in [1.29, 1.82) is 5.41 Å². The maximum Gasteiger partial charge on any atom is 0.341 e. The van der Waals surface area contributed by atoms with E-state index in [4.69, 9.17) is 15.9 Å². The Kier molecular flexibility index (Phi) is 9.21. The number of carbonyl (C=O) groups excluding carboxylic acids is 2. The Balaban J connectivity index is 0.00000420. The van der Waals surface area contributed by atoms with Crippen molar-refractivity contribution >= 4 is 56.6 Å². The van der Waals surface area contributed by atoms with Gasteiger partial charge in [-0.15, -0.1) is 12.4 Å². The third kappa shape index (κ3) is 6.16. The molecule has 1 heterocycles. The number of hydrogen-bond acceptors (Lipinski definition) is 8. The smallest absolute Gasteiger partial charge is 0.341 e. The minimum Gasteiger partial charge on any atom is -0.479 e. The van der Waals surface area contributed by atoms with E-state index in [1.54, 1.807) is 18.2 Å². The Morgan fingerprint density at radius 2 is 1.87 bits per heavy atom. The number of carbonyl (C=O) groups is 3. The Morgan fingerprint density at radius 3 is 2.49 bits per heavy atom. The molecule has 4 rings (SSSR count). The number of halogens is 1. The molecule has 0 bridgehead atoms. The lowest BCUT2D eigenvalue weighted by Crippen LogP contribution is -2.70. The normalized spacial score (nSPS) is 19.8.